The van der Waals surface area contributed by atoms with E-state index in [1.165, 1.54) is 11.8 Å². The predicted octanol–water partition coefficient (Wildman–Crippen LogP) is 5.73. The number of para-hydroxylation sites is 1. The Bertz CT molecular complexity index is 1290. The fraction of sp³-hybridized carbons (Fsp3) is 0.148. The van der Waals surface area contributed by atoms with Crippen LogP contribution in [0.1, 0.15) is 23.2 Å². The number of carbonyl (C=O) groups excluding carboxylic acids is 1. The van der Waals surface area contributed by atoms with Gasteiger partial charge in [0, 0.05) is 29.1 Å². The summed E-state index contributed by atoms with van der Waals surface area (Å²) in [5, 5.41) is 3.44. The number of rotatable bonds is 9. The summed E-state index contributed by atoms with van der Waals surface area (Å²) in [6, 6.07) is 26.7. The Labute approximate surface area is 202 Å². The molecule has 0 aliphatic rings. The number of H-pyrrole nitrogens is 1. The number of nitrogens with one attached hydrogen (secondary N) is 2. The monoisotopic (exact) mass is 471 g/mol. The van der Waals surface area contributed by atoms with E-state index in [1.54, 1.807) is 31.2 Å². The fourth-order valence-electron chi connectivity index (χ4n) is 3.37. The highest BCUT2D eigenvalue weighted by atomic mass is 32.2. The van der Waals surface area contributed by atoms with Gasteiger partial charge in [-0.2, -0.15) is 0 Å². The third-order valence-electron chi connectivity index (χ3n) is 5.14. The van der Waals surface area contributed by atoms with Crippen molar-refractivity contribution >= 4 is 23.4 Å². The molecule has 7 heteroatoms. The highest BCUT2D eigenvalue weighted by Gasteiger charge is 2.12. The first-order chi connectivity index (χ1) is 16.6. The van der Waals surface area contributed by atoms with Crippen LogP contribution in [0.15, 0.2) is 94.9 Å². The van der Waals surface area contributed by atoms with E-state index in [0.29, 0.717) is 34.3 Å². The van der Waals surface area contributed by atoms with E-state index in [0.717, 1.165) is 17.1 Å². The SMILES string of the molecule is Cc1nc(SCc2ccccc2)[nH]c(=O)c1CCC(=O)Nc1ccc(Oc2ccccc2)cc1. The highest BCUT2D eigenvalue weighted by Crippen LogP contribution is 2.23. The van der Waals surface area contributed by atoms with E-state index in [4.69, 9.17) is 4.74 Å². The highest BCUT2D eigenvalue weighted by molar-refractivity contribution is 7.98. The second-order valence-electron chi connectivity index (χ2n) is 7.70. The fourth-order valence-corrected chi connectivity index (χ4v) is 4.23. The Kier molecular flexibility index (Phi) is 7.78. The topological polar surface area (TPSA) is 84.1 Å². The zero-order valence-electron chi connectivity index (χ0n) is 18.8. The van der Waals surface area contributed by atoms with Crippen molar-refractivity contribution < 1.29 is 9.53 Å². The Morgan fingerprint density at radius 2 is 1.59 bits per heavy atom. The van der Waals surface area contributed by atoms with Crippen molar-refractivity contribution in [2.45, 2.75) is 30.7 Å². The van der Waals surface area contributed by atoms with Crippen LogP contribution < -0.4 is 15.6 Å². The summed E-state index contributed by atoms with van der Waals surface area (Å²) >= 11 is 1.48. The maximum atomic E-state index is 12.6. The van der Waals surface area contributed by atoms with Gasteiger partial charge in [-0.1, -0.05) is 60.3 Å². The number of hydrogen-bond donors (Lipinski definition) is 2. The Hall–Kier alpha value is -3.84. The van der Waals surface area contributed by atoms with Gasteiger partial charge in [-0.3, -0.25) is 9.59 Å². The summed E-state index contributed by atoms with van der Waals surface area (Å²) in [7, 11) is 0. The van der Waals surface area contributed by atoms with Crippen LogP contribution in [0.4, 0.5) is 5.69 Å². The van der Waals surface area contributed by atoms with Crippen LogP contribution in [0.2, 0.25) is 0 Å². The lowest BCUT2D eigenvalue weighted by Gasteiger charge is -2.09. The van der Waals surface area contributed by atoms with Gasteiger partial charge < -0.3 is 15.0 Å². The van der Waals surface area contributed by atoms with Gasteiger partial charge >= 0.3 is 0 Å². The van der Waals surface area contributed by atoms with Crippen molar-refractivity contribution in [2.75, 3.05) is 5.32 Å². The number of nitrogens with zero attached hydrogens (tertiary/aromatic N) is 1. The standard InChI is InChI=1S/C27H25N3O3S/c1-19-24(26(32)30-27(28-19)34-18-20-8-4-2-5-9-20)16-17-25(31)29-21-12-14-23(15-13-21)33-22-10-6-3-7-11-22/h2-15H,16-18H2,1H3,(H,29,31)(H,28,30,32). The minimum atomic E-state index is -0.196. The molecule has 0 saturated carbocycles. The molecule has 2 N–H and O–H groups in total. The molecule has 0 atom stereocenters. The number of anilines is 1. The minimum Gasteiger partial charge on any atom is -0.457 e. The smallest absolute Gasteiger partial charge is 0.254 e. The molecule has 4 aromatic rings. The second kappa shape index (κ2) is 11.3. The predicted molar refractivity (Wildman–Crippen MR) is 136 cm³/mol. The molecule has 3 aromatic carbocycles. The summed E-state index contributed by atoms with van der Waals surface area (Å²) in [6.07, 6.45) is 0.503. The van der Waals surface area contributed by atoms with Crippen molar-refractivity contribution in [1.29, 1.82) is 0 Å². The van der Waals surface area contributed by atoms with Crippen LogP contribution in [-0.2, 0) is 17.0 Å². The molecule has 0 saturated heterocycles. The lowest BCUT2D eigenvalue weighted by molar-refractivity contribution is -0.116. The number of ether oxygens (including phenoxy) is 1. The van der Waals surface area contributed by atoms with Gasteiger partial charge in [-0.05, 0) is 55.3 Å². The van der Waals surface area contributed by atoms with Gasteiger partial charge in [-0.15, -0.1) is 0 Å². The molecule has 0 unspecified atom stereocenters. The van der Waals surface area contributed by atoms with Crippen molar-refractivity contribution in [1.82, 2.24) is 9.97 Å². The summed E-state index contributed by atoms with van der Waals surface area (Å²) < 4.78 is 5.76. The average Bonchev–Trinajstić information content (AvgIpc) is 2.85. The second-order valence-corrected chi connectivity index (χ2v) is 8.66. The van der Waals surface area contributed by atoms with E-state index in [-0.39, 0.29) is 17.9 Å². The third-order valence-corrected chi connectivity index (χ3v) is 6.08. The molecule has 6 nitrogen and oxygen atoms in total. The first kappa shape index (κ1) is 23.3. The van der Waals surface area contributed by atoms with E-state index < -0.39 is 0 Å². The van der Waals surface area contributed by atoms with E-state index in [9.17, 15) is 9.59 Å². The number of amides is 1. The normalized spacial score (nSPS) is 10.6. The van der Waals surface area contributed by atoms with Gasteiger partial charge in [0.25, 0.3) is 5.56 Å². The molecule has 0 radical (unpaired) electrons. The maximum Gasteiger partial charge on any atom is 0.254 e. The van der Waals surface area contributed by atoms with Crippen LogP contribution >= 0.6 is 11.8 Å². The molecule has 34 heavy (non-hydrogen) atoms. The first-order valence-corrected chi connectivity index (χ1v) is 11.9. The van der Waals surface area contributed by atoms with Crippen LogP contribution in [0, 0.1) is 6.92 Å². The van der Waals surface area contributed by atoms with Crippen molar-refractivity contribution in [3.05, 3.63) is 112 Å². The van der Waals surface area contributed by atoms with Gasteiger partial charge in [0.05, 0.1) is 0 Å². The molecule has 4 rings (SSSR count). The summed E-state index contributed by atoms with van der Waals surface area (Å²) in [5.74, 6) is 1.99. The van der Waals surface area contributed by atoms with Crippen LogP contribution in [0.25, 0.3) is 0 Å². The average molecular weight is 472 g/mol. The van der Waals surface area contributed by atoms with Gasteiger partial charge in [-0.25, -0.2) is 4.98 Å². The Morgan fingerprint density at radius 3 is 2.26 bits per heavy atom. The third kappa shape index (κ3) is 6.59. The Balaban J connectivity index is 1.29. The van der Waals surface area contributed by atoms with E-state index in [1.807, 2.05) is 60.7 Å². The molecule has 0 bridgehead atoms. The lowest BCUT2D eigenvalue weighted by atomic mass is 10.1. The zero-order valence-corrected chi connectivity index (χ0v) is 19.6. The molecule has 0 fully saturated rings. The van der Waals surface area contributed by atoms with Crippen molar-refractivity contribution in [3.63, 3.8) is 0 Å². The van der Waals surface area contributed by atoms with E-state index in [2.05, 4.69) is 15.3 Å². The van der Waals surface area contributed by atoms with Crippen LogP contribution in [-0.4, -0.2) is 15.9 Å². The van der Waals surface area contributed by atoms with Crippen LogP contribution in [0.5, 0.6) is 11.5 Å². The molecule has 0 aliphatic heterocycles. The molecule has 0 aliphatic carbocycles. The van der Waals surface area contributed by atoms with Gasteiger partial charge in [0.1, 0.15) is 11.5 Å². The molecule has 1 heterocycles. The lowest BCUT2D eigenvalue weighted by Crippen LogP contribution is -2.20. The number of hydrogen-bond acceptors (Lipinski definition) is 5. The summed E-state index contributed by atoms with van der Waals surface area (Å²) in [6.45, 7) is 1.81. The number of benzene rings is 3. The zero-order chi connectivity index (χ0) is 23.8. The van der Waals surface area contributed by atoms with Crippen molar-refractivity contribution in [3.8, 4) is 11.5 Å². The summed E-state index contributed by atoms with van der Waals surface area (Å²) in [4.78, 5) is 32.4. The quantitative estimate of drug-likeness (QED) is 0.240. The minimum absolute atomic E-state index is 0.168. The number of carbonyl (C=O) groups is 1. The molecule has 1 aromatic heterocycles. The van der Waals surface area contributed by atoms with Crippen molar-refractivity contribution in [2.24, 2.45) is 0 Å². The number of aromatic amines is 1. The summed E-state index contributed by atoms with van der Waals surface area (Å²) in [5.41, 5.74) is 2.81. The largest absolute Gasteiger partial charge is 0.457 e. The number of aromatic nitrogens is 2. The first-order valence-electron chi connectivity index (χ1n) is 11.0. The molecule has 0 spiro atoms. The molecular weight excluding hydrogens is 446 g/mol. The van der Waals surface area contributed by atoms with Gasteiger partial charge in [0.15, 0.2) is 5.16 Å². The molecule has 1 amide bonds. The molecular formula is C27H25N3O3S. The Morgan fingerprint density at radius 1 is 0.941 bits per heavy atom. The number of aryl methyl sites for hydroxylation is 1. The number of thioether (sulfide) groups is 1. The van der Waals surface area contributed by atoms with E-state index >= 15 is 0 Å². The van der Waals surface area contributed by atoms with Gasteiger partial charge in [0.2, 0.25) is 5.91 Å². The molecule has 172 valence electrons. The van der Waals surface area contributed by atoms with Crippen LogP contribution in [0.3, 0.4) is 0 Å². The maximum absolute atomic E-state index is 12.6.